The van der Waals surface area contributed by atoms with Crippen LogP contribution in [-0.2, 0) is 16.0 Å². The van der Waals surface area contributed by atoms with Crippen molar-refractivity contribution in [2.75, 3.05) is 25.5 Å². The first kappa shape index (κ1) is 22.5. The normalized spacial score (nSPS) is 17.8. The first-order chi connectivity index (χ1) is 17.0. The van der Waals surface area contributed by atoms with Crippen molar-refractivity contribution in [2.24, 2.45) is 0 Å². The number of nitrogens with one attached hydrogen (secondary N) is 1. The zero-order chi connectivity index (χ0) is 24.4. The number of amides is 2. The maximum atomic E-state index is 12.3. The van der Waals surface area contributed by atoms with Gasteiger partial charge < -0.3 is 24.4 Å². The van der Waals surface area contributed by atoms with Gasteiger partial charge in [-0.3, -0.25) is 4.79 Å². The highest BCUT2D eigenvalue weighted by Crippen LogP contribution is 2.34. The van der Waals surface area contributed by atoms with E-state index in [-0.39, 0.29) is 18.1 Å². The Morgan fingerprint density at radius 3 is 2.57 bits per heavy atom. The molecule has 2 amide bonds. The van der Waals surface area contributed by atoms with Crippen molar-refractivity contribution in [1.82, 2.24) is 4.90 Å². The first-order valence-corrected chi connectivity index (χ1v) is 11.6. The molecule has 3 aromatic rings. The van der Waals surface area contributed by atoms with Crippen LogP contribution in [0.4, 0.5) is 10.5 Å². The standard InChI is InChI=1S/C28H26N2O5/c1-3-30-17-22(35-28(30)32)15-19-10-13-21(16-26(19)33-2)34-20-11-8-18(9-12-20)14-24-23-6-4-5-7-25(23)29-27(24)31/h4-14,16,22H,3,15,17H2,1-2H3,(H,29,31)/b24-14-. The Bertz CT molecular complexity index is 1300. The van der Waals surface area contributed by atoms with Gasteiger partial charge in [0, 0.05) is 35.9 Å². The zero-order valence-electron chi connectivity index (χ0n) is 19.6. The van der Waals surface area contributed by atoms with Crippen molar-refractivity contribution in [3.8, 4) is 17.2 Å². The second kappa shape index (κ2) is 9.54. The molecule has 1 N–H and O–H groups in total. The molecule has 0 radical (unpaired) electrons. The highest BCUT2D eigenvalue weighted by molar-refractivity contribution is 6.34. The maximum Gasteiger partial charge on any atom is 0.410 e. The molecule has 35 heavy (non-hydrogen) atoms. The van der Waals surface area contributed by atoms with E-state index in [9.17, 15) is 9.59 Å². The Balaban J connectivity index is 1.28. The number of benzene rings is 3. The summed E-state index contributed by atoms with van der Waals surface area (Å²) in [4.78, 5) is 25.9. The lowest BCUT2D eigenvalue weighted by molar-refractivity contribution is -0.110. The lowest BCUT2D eigenvalue weighted by Gasteiger charge is -2.14. The van der Waals surface area contributed by atoms with E-state index in [1.807, 2.05) is 79.7 Å². The fourth-order valence-corrected chi connectivity index (χ4v) is 4.36. The summed E-state index contributed by atoms with van der Waals surface area (Å²) < 4.78 is 17.0. The number of hydrogen-bond acceptors (Lipinski definition) is 5. The molecule has 1 fully saturated rings. The van der Waals surface area contributed by atoms with Gasteiger partial charge in [0.1, 0.15) is 23.4 Å². The number of hydrogen-bond donors (Lipinski definition) is 1. The molecule has 178 valence electrons. The second-order valence-electron chi connectivity index (χ2n) is 8.45. The van der Waals surface area contributed by atoms with Crippen molar-refractivity contribution in [1.29, 1.82) is 0 Å². The van der Waals surface area contributed by atoms with Crippen LogP contribution in [0.1, 0.15) is 23.6 Å². The molecule has 7 heteroatoms. The maximum absolute atomic E-state index is 12.3. The van der Waals surface area contributed by atoms with E-state index in [2.05, 4.69) is 5.32 Å². The largest absolute Gasteiger partial charge is 0.496 e. The van der Waals surface area contributed by atoms with E-state index in [1.54, 1.807) is 12.0 Å². The molecule has 0 aliphatic carbocycles. The van der Waals surface area contributed by atoms with E-state index < -0.39 is 0 Å². The first-order valence-electron chi connectivity index (χ1n) is 11.6. The molecule has 3 aromatic carbocycles. The molecule has 2 heterocycles. The van der Waals surface area contributed by atoms with Gasteiger partial charge in [0.15, 0.2) is 0 Å². The lowest BCUT2D eigenvalue weighted by Crippen LogP contribution is -2.24. The average molecular weight is 471 g/mol. The van der Waals surface area contributed by atoms with Crippen molar-refractivity contribution < 1.29 is 23.8 Å². The fraction of sp³-hybridized carbons (Fsp3) is 0.214. The fourth-order valence-electron chi connectivity index (χ4n) is 4.36. The number of carbonyl (C=O) groups is 2. The summed E-state index contributed by atoms with van der Waals surface area (Å²) >= 11 is 0. The van der Waals surface area contributed by atoms with Crippen LogP contribution in [0.5, 0.6) is 17.2 Å². The number of likely N-dealkylation sites (N-methyl/N-ethyl adjacent to an activating group) is 1. The third kappa shape index (κ3) is 4.71. The third-order valence-corrected chi connectivity index (χ3v) is 6.17. The Hall–Kier alpha value is -4.26. The molecule has 0 spiro atoms. The highest BCUT2D eigenvalue weighted by Gasteiger charge is 2.30. The molecule has 1 unspecified atom stereocenters. The van der Waals surface area contributed by atoms with E-state index in [1.165, 1.54) is 0 Å². The van der Waals surface area contributed by atoms with Crippen LogP contribution in [0.15, 0.2) is 66.7 Å². The smallest absolute Gasteiger partial charge is 0.410 e. The Morgan fingerprint density at radius 1 is 1.06 bits per heavy atom. The Labute approximate surface area is 203 Å². The molecular formula is C28H26N2O5. The van der Waals surface area contributed by atoms with Gasteiger partial charge in [-0.2, -0.15) is 0 Å². The zero-order valence-corrected chi connectivity index (χ0v) is 19.6. The third-order valence-electron chi connectivity index (χ3n) is 6.17. The molecule has 2 aliphatic rings. The molecule has 0 saturated carbocycles. The molecule has 1 atom stereocenters. The van der Waals surface area contributed by atoms with Gasteiger partial charge in [-0.05, 0) is 48.4 Å². The van der Waals surface area contributed by atoms with Crippen molar-refractivity contribution in [2.45, 2.75) is 19.4 Å². The molecule has 5 rings (SSSR count). The quantitative estimate of drug-likeness (QED) is 0.470. The van der Waals surface area contributed by atoms with Gasteiger partial charge in [0.05, 0.1) is 13.7 Å². The number of cyclic esters (lactones) is 1. The Kier molecular flexibility index (Phi) is 6.14. The summed E-state index contributed by atoms with van der Waals surface area (Å²) in [5.41, 5.74) is 4.23. The van der Waals surface area contributed by atoms with Crippen molar-refractivity contribution in [3.05, 3.63) is 83.4 Å². The minimum Gasteiger partial charge on any atom is -0.496 e. The summed E-state index contributed by atoms with van der Waals surface area (Å²) in [6.45, 7) is 3.15. The van der Waals surface area contributed by atoms with E-state index in [4.69, 9.17) is 14.2 Å². The second-order valence-corrected chi connectivity index (χ2v) is 8.45. The summed E-state index contributed by atoms with van der Waals surface area (Å²) in [6, 6.07) is 20.8. The number of rotatable bonds is 7. The number of methoxy groups -OCH3 is 1. The monoisotopic (exact) mass is 470 g/mol. The number of anilines is 1. The highest BCUT2D eigenvalue weighted by atomic mass is 16.6. The molecule has 0 aromatic heterocycles. The predicted octanol–water partition coefficient (Wildman–Crippen LogP) is 5.36. The van der Waals surface area contributed by atoms with Crippen LogP contribution in [0.25, 0.3) is 11.6 Å². The topological polar surface area (TPSA) is 77.1 Å². The minimum absolute atomic E-state index is 0.103. The number of fused-ring (bicyclic) bond motifs is 1. The lowest BCUT2D eigenvalue weighted by atomic mass is 10.0. The number of carbonyl (C=O) groups excluding carboxylic acids is 2. The van der Waals surface area contributed by atoms with Crippen LogP contribution in [0, 0.1) is 0 Å². The molecule has 2 aliphatic heterocycles. The van der Waals surface area contributed by atoms with Gasteiger partial charge in [-0.15, -0.1) is 0 Å². The van der Waals surface area contributed by atoms with Gasteiger partial charge >= 0.3 is 6.09 Å². The van der Waals surface area contributed by atoms with Gasteiger partial charge in [0.25, 0.3) is 5.91 Å². The molecule has 7 nitrogen and oxygen atoms in total. The summed E-state index contributed by atoms with van der Waals surface area (Å²) in [7, 11) is 1.61. The SMILES string of the molecule is CCN1CC(Cc2ccc(Oc3ccc(/C=C4\C(=O)Nc5ccccc54)cc3)cc2OC)OC1=O. The summed E-state index contributed by atoms with van der Waals surface area (Å²) in [5, 5.41) is 2.89. The van der Waals surface area contributed by atoms with Crippen LogP contribution in [0.3, 0.4) is 0 Å². The van der Waals surface area contributed by atoms with Crippen molar-refractivity contribution in [3.63, 3.8) is 0 Å². The van der Waals surface area contributed by atoms with Gasteiger partial charge in [-0.25, -0.2) is 4.79 Å². The van der Waals surface area contributed by atoms with Crippen LogP contribution in [0.2, 0.25) is 0 Å². The van der Waals surface area contributed by atoms with E-state index in [0.717, 1.165) is 22.4 Å². The average Bonchev–Trinajstić information content (AvgIpc) is 3.39. The van der Waals surface area contributed by atoms with Gasteiger partial charge in [-0.1, -0.05) is 36.4 Å². The summed E-state index contributed by atoms with van der Waals surface area (Å²) in [6.07, 6.45) is 1.98. The molecule has 1 saturated heterocycles. The summed E-state index contributed by atoms with van der Waals surface area (Å²) in [5.74, 6) is 1.88. The predicted molar refractivity (Wildman–Crippen MR) is 134 cm³/mol. The number of ether oxygens (including phenoxy) is 3. The van der Waals surface area contributed by atoms with Gasteiger partial charge in [0.2, 0.25) is 0 Å². The molecule has 0 bridgehead atoms. The van der Waals surface area contributed by atoms with Crippen LogP contribution in [-0.4, -0.2) is 43.2 Å². The van der Waals surface area contributed by atoms with Crippen molar-refractivity contribution >= 4 is 29.3 Å². The Morgan fingerprint density at radius 2 is 1.83 bits per heavy atom. The molecular weight excluding hydrogens is 444 g/mol. The number of para-hydroxylation sites is 1. The minimum atomic E-state index is -0.270. The van der Waals surface area contributed by atoms with E-state index >= 15 is 0 Å². The number of nitrogens with zero attached hydrogens (tertiary/aromatic N) is 1. The van der Waals surface area contributed by atoms with Crippen LogP contribution < -0.4 is 14.8 Å². The van der Waals surface area contributed by atoms with E-state index in [0.29, 0.717) is 42.3 Å². The van der Waals surface area contributed by atoms with Crippen LogP contribution >= 0.6 is 0 Å².